The summed E-state index contributed by atoms with van der Waals surface area (Å²) < 4.78 is 16.7. The van der Waals surface area contributed by atoms with Crippen LogP contribution in [0.25, 0.3) is 0 Å². The Morgan fingerprint density at radius 1 is 1.14 bits per heavy atom. The van der Waals surface area contributed by atoms with Crippen LogP contribution in [0.4, 0.5) is 0 Å². The van der Waals surface area contributed by atoms with E-state index in [-0.39, 0.29) is 23.7 Å². The summed E-state index contributed by atoms with van der Waals surface area (Å²) in [4.78, 5) is 0. The number of rotatable bonds is 6. The van der Waals surface area contributed by atoms with Gasteiger partial charge in [-0.2, -0.15) is 0 Å². The van der Waals surface area contributed by atoms with Gasteiger partial charge in [0.05, 0.1) is 13.2 Å². The van der Waals surface area contributed by atoms with Gasteiger partial charge in [0.25, 0.3) is 0 Å². The number of hydrogen-bond donors (Lipinski definition) is 1. The van der Waals surface area contributed by atoms with Gasteiger partial charge in [-0.25, -0.2) is 0 Å². The van der Waals surface area contributed by atoms with E-state index in [9.17, 15) is 0 Å². The molecule has 0 aliphatic heterocycles. The van der Waals surface area contributed by atoms with Crippen LogP contribution in [-0.2, 0) is 14.9 Å². The summed E-state index contributed by atoms with van der Waals surface area (Å²) in [6.07, 6.45) is 0.832. The molecule has 0 aromatic heterocycles. The first-order valence-corrected chi connectivity index (χ1v) is 7.55. The Kier molecular flexibility index (Phi) is 5.25. The molecule has 0 amide bonds. The fraction of sp³-hybridized carbons (Fsp3) is 0.647. The lowest BCUT2D eigenvalue weighted by Crippen LogP contribution is -2.59. The predicted octanol–water partition coefficient (Wildman–Crippen LogP) is 2.49. The molecule has 1 aliphatic rings. The molecule has 2 N–H and O–H groups in total. The lowest BCUT2D eigenvalue weighted by atomic mass is 9.85. The molecule has 1 saturated carbocycles. The van der Waals surface area contributed by atoms with E-state index in [1.165, 1.54) is 5.56 Å². The Hall–Kier alpha value is -1.10. The lowest BCUT2D eigenvalue weighted by Gasteiger charge is -2.41. The minimum absolute atomic E-state index is 0.0392. The molecule has 0 spiro atoms. The Labute approximate surface area is 127 Å². The Bertz CT molecular complexity index is 438. The zero-order valence-electron chi connectivity index (χ0n) is 13.5. The summed E-state index contributed by atoms with van der Waals surface area (Å²) in [6, 6.07) is 8.34. The summed E-state index contributed by atoms with van der Waals surface area (Å²) in [7, 11) is 1.66. The molecule has 4 nitrogen and oxygen atoms in total. The van der Waals surface area contributed by atoms with Crippen LogP contribution < -0.4 is 10.5 Å². The van der Waals surface area contributed by atoms with Gasteiger partial charge in [0.15, 0.2) is 0 Å². The second kappa shape index (κ2) is 6.77. The van der Waals surface area contributed by atoms with E-state index >= 15 is 0 Å². The molecule has 0 saturated heterocycles. The van der Waals surface area contributed by atoms with Crippen LogP contribution >= 0.6 is 0 Å². The van der Waals surface area contributed by atoms with E-state index in [1.807, 2.05) is 12.1 Å². The molecule has 3 unspecified atom stereocenters. The van der Waals surface area contributed by atoms with Gasteiger partial charge in [-0.1, -0.05) is 32.9 Å². The third-order valence-corrected chi connectivity index (χ3v) is 3.90. The molecule has 1 aromatic rings. The SMILES string of the molecule is COCCOC1C(N)CC1Oc1ccc(C(C)(C)C)cc1. The number of methoxy groups -OCH3 is 1. The molecule has 21 heavy (non-hydrogen) atoms. The molecule has 118 valence electrons. The van der Waals surface area contributed by atoms with Crippen LogP contribution in [0.15, 0.2) is 24.3 Å². The van der Waals surface area contributed by atoms with Gasteiger partial charge in [-0.05, 0) is 23.1 Å². The normalized spacial score (nSPS) is 25.5. The fourth-order valence-corrected chi connectivity index (χ4v) is 2.44. The van der Waals surface area contributed by atoms with E-state index < -0.39 is 0 Å². The van der Waals surface area contributed by atoms with Crippen LogP contribution in [-0.4, -0.2) is 38.6 Å². The molecule has 0 heterocycles. The van der Waals surface area contributed by atoms with Crippen LogP contribution in [0.1, 0.15) is 32.8 Å². The molecule has 4 heteroatoms. The van der Waals surface area contributed by atoms with Gasteiger partial charge < -0.3 is 19.9 Å². The lowest BCUT2D eigenvalue weighted by molar-refractivity contribution is -0.107. The van der Waals surface area contributed by atoms with Gasteiger partial charge >= 0.3 is 0 Å². The van der Waals surface area contributed by atoms with Crippen LogP contribution in [0.2, 0.25) is 0 Å². The smallest absolute Gasteiger partial charge is 0.128 e. The molecular formula is C17H27NO3. The molecule has 3 atom stereocenters. The standard InChI is InChI=1S/C17H27NO3/c1-17(2,3)12-5-7-13(8-6-12)21-15-11-14(18)16(15)20-10-9-19-4/h5-8,14-16H,9-11,18H2,1-4H3. The number of benzene rings is 1. The number of ether oxygens (including phenoxy) is 3. The molecule has 0 bridgehead atoms. The molecule has 1 aromatic carbocycles. The average molecular weight is 293 g/mol. The number of hydrogen-bond acceptors (Lipinski definition) is 4. The molecule has 2 rings (SSSR count). The highest BCUT2D eigenvalue weighted by atomic mass is 16.6. The maximum atomic E-state index is 5.99. The van der Waals surface area contributed by atoms with Crippen molar-refractivity contribution in [3.63, 3.8) is 0 Å². The number of nitrogens with two attached hydrogens (primary N) is 1. The van der Waals surface area contributed by atoms with Gasteiger partial charge in [0.1, 0.15) is 18.0 Å². The highest BCUT2D eigenvalue weighted by Gasteiger charge is 2.41. The van der Waals surface area contributed by atoms with E-state index in [0.29, 0.717) is 13.2 Å². The van der Waals surface area contributed by atoms with Crippen molar-refractivity contribution in [2.45, 2.75) is 50.9 Å². The summed E-state index contributed by atoms with van der Waals surface area (Å²) >= 11 is 0. The quantitative estimate of drug-likeness (QED) is 0.819. The first kappa shape index (κ1) is 16.3. The molecule has 1 aliphatic carbocycles. The second-order valence-corrected chi connectivity index (χ2v) is 6.66. The predicted molar refractivity (Wildman–Crippen MR) is 83.8 cm³/mol. The largest absolute Gasteiger partial charge is 0.488 e. The second-order valence-electron chi connectivity index (χ2n) is 6.66. The Morgan fingerprint density at radius 3 is 2.33 bits per heavy atom. The highest BCUT2D eigenvalue weighted by Crippen LogP contribution is 2.29. The van der Waals surface area contributed by atoms with Crippen molar-refractivity contribution in [1.82, 2.24) is 0 Å². The third-order valence-electron chi connectivity index (χ3n) is 3.90. The van der Waals surface area contributed by atoms with Crippen molar-refractivity contribution in [2.75, 3.05) is 20.3 Å². The minimum Gasteiger partial charge on any atom is -0.488 e. The van der Waals surface area contributed by atoms with Crippen molar-refractivity contribution in [1.29, 1.82) is 0 Å². The van der Waals surface area contributed by atoms with E-state index in [1.54, 1.807) is 7.11 Å². The highest BCUT2D eigenvalue weighted by molar-refractivity contribution is 5.31. The van der Waals surface area contributed by atoms with Gasteiger partial charge in [-0.3, -0.25) is 0 Å². The van der Waals surface area contributed by atoms with Gasteiger partial charge in [0.2, 0.25) is 0 Å². The summed E-state index contributed by atoms with van der Waals surface area (Å²) in [6.45, 7) is 7.74. The zero-order chi connectivity index (χ0) is 15.5. The third kappa shape index (κ3) is 4.19. The summed E-state index contributed by atoms with van der Waals surface area (Å²) in [5.74, 6) is 0.875. The van der Waals surface area contributed by atoms with Crippen LogP contribution in [0.3, 0.4) is 0 Å². The van der Waals surface area contributed by atoms with E-state index in [0.717, 1.165) is 12.2 Å². The van der Waals surface area contributed by atoms with Crippen molar-refractivity contribution < 1.29 is 14.2 Å². The molecule has 0 radical (unpaired) electrons. The van der Waals surface area contributed by atoms with Crippen LogP contribution in [0.5, 0.6) is 5.75 Å². The van der Waals surface area contributed by atoms with Crippen LogP contribution in [0, 0.1) is 0 Å². The van der Waals surface area contributed by atoms with E-state index in [4.69, 9.17) is 19.9 Å². The van der Waals surface area contributed by atoms with Gasteiger partial charge in [0, 0.05) is 19.6 Å². The fourth-order valence-electron chi connectivity index (χ4n) is 2.44. The Morgan fingerprint density at radius 2 is 1.81 bits per heavy atom. The molecular weight excluding hydrogens is 266 g/mol. The summed E-state index contributed by atoms with van der Waals surface area (Å²) in [5.41, 5.74) is 7.44. The van der Waals surface area contributed by atoms with Gasteiger partial charge in [-0.15, -0.1) is 0 Å². The van der Waals surface area contributed by atoms with Crippen molar-refractivity contribution in [2.24, 2.45) is 5.73 Å². The van der Waals surface area contributed by atoms with Crippen molar-refractivity contribution >= 4 is 0 Å². The zero-order valence-corrected chi connectivity index (χ0v) is 13.5. The summed E-state index contributed by atoms with van der Waals surface area (Å²) in [5, 5.41) is 0. The maximum Gasteiger partial charge on any atom is 0.128 e. The first-order chi connectivity index (χ1) is 9.91. The van der Waals surface area contributed by atoms with Crippen molar-refractivity contribution in [3.05, 3.63) is 29.8 Å². The first-order valence-electron chi connectivity index (χ1n) is 7.55. The minimum atomic E-state index is -0.0394. The Balaban J connectivity index is 1.89. The molecule has 1 fully saturated rings. The monoisotopic (exact) mass is 293 g/mol. The average Bonchev–Trinajstić information content (AvgIpc) is 2.42. The van der Waals surface area contributed by atoms with Crippen molar-refractivity contribution in [3.8, 4) is 5.75 Å². The van der Waals surface area contributed by atoms with E-state index in [2.05, 4.69) is 32.9 Å². The topological polar surface area (TPSA) is 53.7 Å². The maximum absolute atomic E-state index is 5.99.